The molecule has 0 aromatic heterocycles. The van der Waals surface area contributed by atoms with Gasteiger partial charge in [0.25, 0.3) is 0 Å². The molecule has 1 aliphatic rings. The standard InChI is InChI=1S/C13H24ClNO/c1-2-8-13(15-12(16)11-14)9-6-4-3-5-7-10-13/h2-11H2,1H3,(H,15,16). The van der Waals surface area contributed by atoms with Gasteiger partial charge in [0.05, 0.1) is 0 Å². The van der Waals surface area contributed by atoms with E-state index in [-0.39, 0.29) is 17.3 Å². The van der Waals surface area contributed by atoms with Gasteiger partial charge in [0.1, 0.15) is 5.88 Å². The molecule has 0 heterocycles. The molecule has 0 bridgehead atoms. The molecule has 0 radical (unpaired) electrons. The fourth-order valence-corrected chi connectivity index (χ4v) is 2.89. The maximum atomic E-state index is 11.5. The highest BCUT2D eigenvalue weighted by atomic mass is 35.5. The minimum absolute atomic E-state index is 0.00399. The first-order valence-electron chi connectivity index (χ1n) is 6.59. The van der Waals surface area contributed by atoms with Crippen molar-refractivity contribution in [1.29, 1.82) is 0 Å². The van der Waals surface area contributed by atoms with Crippen LogP contribution in [0, 0.1) is 0 Å². The molecule has 1 fully saturated rings. The molecular formula is C13H24ClNO. The Morgan fingerprint density at radius 2 is 1.75 bits per heavy atom. The van der Waals surface area contributed by atoms with Crippen molar-refractivity contribution in [2.75, 3.05) is 5.88 Å². The Kier molecular flexibility index (Phi) is 6.18. The lowest BCUT2D eigenvalue weighted by molar-refractivity contribution is -0.121. The summed E-state index contributed by atoms with van der Waals surface area (Å²) in [6, 6.07) is 0. The van der Waals surface area contributed by atoms with Gasteiger partial charge in [-0.25, -0.2) is 0 Å². The number of carbonyl (C=O) groups excluding carboxylic acids is 1. The lowest BCUT2D eigenvalue weighted by Gasteiger charge is -2.36. The zero-order valence-electron chi connectivity index (χ0n) is 10.4. The normalized spacial score (nSPS) is 20.9. The van der Waals surface area contributed by atoms with E-state index in [0.717, 1.165) is 25.7 Å². The smallest absolute Gasteiger partial charge is 0.235 e. The van der Waals surface area contributed by atoms with Crippen LogP contribution in [0.2, 0.25) is 0 Å². The minimum Gasteiger partial charge on any atom is -0.350 e. The number of rotatable bonds is 4. The van der Waals surface area contributed by atoms with Gasteiger partial charge in [-0.05, 0) is 19.3 Å². The molecule has 1 rings (SSSR count). The third-order valence-corrected chi connectivity index (χ3v) is 3.81. The van der Waals surface area contributed by atoms with Crippen LogP contribution in [0.15, 0.2) is 0 Å². The summed E-state index contributed by atoms with van der Waals surface area (Å²) in [5.41, 5.74) is 0.0428. The van der Waals surface area contributed by atoms with Gasteiger partial charge in [-0.1, -0.05) is 45.4 Å². The number of carbonyl (C=O) groups is 1. The molecule has 2 nitrogen and oxygen atoms in total. The van der Waals surface area contributed by atoms with E-state index in [1.54, 1.807) is 0 Å². The van der Waals surface area contributed by atoms with Crippen LogP contribution in [0.3, 0.4) is 0 Å². The van der Waals surface area contributed by atoms with E-state index in [9.17, 15) is 4.79 Å². The second kappa shape index (κ2) is 7.16. The maximum Gasteiger partial charge on any atom is 0.235 e. The van der Waals surface area contributed by atoms with Gasteiger partial charge in [-0.3, -0.25) is 4.79 Å². The minimum atomic E-state index is -0.00399. The van der Waals surface area contributed by atoms with Crippen LogP contribution in [0.25, 0.3) is 0 Å². The number of alkyl halides is 1. The van der Waals surface area contributed by atoms with Gasteiger partial charge in [0.15, 0.2) is 0 Å². The Balaban J connectivity index is 2.62. The van der Waals surface area contributed by atoms with Crippen molar-refractivity contribution in [3.63, 3.8) is 0 Å². The summed E-state index contributed by atoms with van der Waals surface area (Å²) in [6.07, 6.45) is 10.9. The number of hydrogen-bond donors (Lipinski definition) is 1. The molecule has 0 aliphatic heterocycles. The zero-order chi connectivity index (χ0) is 11.9. The largest absolute Gasteiger partial charge is 0.350 e. The Morgan fingerprint density at radius 1 is 1.19 bits per heavy atom. The van der Waals surface area contributed by atoms with E-state index in [1.165, 1.54) is 32.1 Å². The van der Waals surface area contributed by atoms with Crippen LogP contribution in [-0.4, -0.2) is 17.3 Å². The lowest BCUT2D eigenvalue weighted by atomic mass is 9.80. The van der Waals surface area contributed by atoms with Gasteiger partial charge >= 0.3 is 0 Å². The Bertz CT molecular complexity index is 210. The predicted molar refractivity (Wildman–Crippen MR) is 68.8 cm³/mol. The Morgan fingerprint density at radius 3 is 2.25 bits per heavy atom. The van der Waals surface area contributed by atoms with Crippen LogP contribution in [0.4, 0.5) is 0 Å². The van der Waals surface area contributed by atoms with Crippen molar-refractivity contribution in [1.82, 2.24) is 5.32 Å². The highest BCUT2D eigenvalue weighted by molar-refractivity contribution is 6.27. The summed E-state index contributed by atoms with van der Waals surface area (Å²) in [5, 5.41) is 3.18. The second-order valence-corrected chi connectivity index (χ2v) is 5.25. The number of halogens is 1. The fraction of sp³-hybridized carbons (Fsp3) is 0.923. The molecule has 1 aliphatic carbocycles. The van der Waals surface area contributed by atoms with E-state index in [2.05, 4.69) is 12.2 Å². The first-order chi connectivity index (χ1) is 7.72. The molecule has 1 saturated carbocycles. The van der Waals surface area contributed by atoms with Crippen molar-refractivity contribution in [3.8, 4) is 0 Å². The molecule has 3 heteroatoms. The van der Waals surface area contributed by atoms with Crippen LogP contribution < -0.4 is 5.32 Å². The Hall–Kier alpha value is -0.240. The molecule has 0 aromatic rings. The second-order valence-electron chi connectivity index (χ2n) is 4.98. The summed E-state index contributed by atoms with van der Waals surface area (Å²) in [4.78, 5) is 11.5. The van der Waals surface area contributed by atoms with Gasteiger partial charge in [0, 0.05) is 5.54 Å². The van der Waals surface area contributed by atoms with Gasteiger partial charge in [0.2, 0.25) is 5.91 Å². The summed E-state index contributed by atoms with van der Waals surface area (Å²) in [7, 11) is 0. The highest BCUT2D eigenvalue weighted by Crippen LogP contribution is 2.30. The van der Waals surface area contributed by atoms with Gasteiger partial charge < -0.3 is 5.32 Å². The molecule has 16 heavy (non-hydrogen) atoms. The molecule has 0 unspecified atom stereocenters. The zero-order valence-corrected chi connectivity index (χ0v) is 11.1. The third-order valence-electron chi connectivity index (χ3n) is 3.57. The van der Waals surface area contributed by atoms with Gasteiger partial charge in [-0.2, -0.15) is 0 Å². The average molecular weight is 246 g/mol. The number of hydrogen-bond acceptors (Lipinski definition) is 1. The SMILES string of the molecule is CCCC1(NC(=O)CCl)CCCCCCC1. The average Bonchev–Trinajstić information content (AvgIpc) is 2.24. The van der Waals surface area contributed by atoms with Crippen LogP contribution in [-0.2, 0) is 4.79 Å². The molecule has 0 spiro atoms. The van der Waals surface area contributed by atoms with E-state index in [4.69, 9.17) is 11.6 Å². The first-order valence-corrected chi connectivity index (χ1v) is 7.13. The molecule has 94 valence electrons. The summed E-state index contributed by atoms with van der Waals surface area (Å²) in [6.45, 7) is 2.19. The van der Waals surface area contributed by atoms with Crippen molar-refractivity contribution < 1.29 is 4.79 Å². The van der Waals surface area contributed by atoms with Crippen LogP contribution >= 0.6 is 11.6 Å². The molecule has 1 amide bonds. The third kappa shape index (κ3) is 4.32. The van der Waals surface area contributed by atoms with Gasteiger partial charge in [-0.15, -0.1) is 11.6 Å². The highest BCUT2D eigenvalue weighted by Gasteiger charge is 2.30. The van der Waals surface area contributed by atoms with E-state index >= 15 is 0 Å². The van der Waals surface area contributed by atoms with Crippen molar-refractivity contribution in [2.24, 2.45) is 0 Å². The molecule has 0 saturated heterocycles. The van der Waals surface area contributed by atoms with E-state index in [1.807, 2.05) is 0 Å². The monoisotopic (exact) mass is 245 g/mol. The molecule has 0 atom stereocenters. The van der Waals surface area contributed by atoms with Crippen LogP contribution in [0.5, 0.6) is 0 Å². The molecule has 1 N–H and O–H groups in total. The van der Waals surface area contributed by atoms with Crippen LogP contribution in [0.1, 0.15) is 64.7 Å². The Labute approximate surface area is 104 Å². The van der Waals surface area contributed by atoms with E-state index < -0.39 is 0 Å². The van der Waals surface area contributed by atoms with Crippen molar-refractivity contribution in [3.05, 3.63) is 0 Å². The molecule has 0 aromatic carbocycles. The summed E-state index contributed by atoms with van der Waals surface area (Å²) >= 11 is 5.59. The fourth-order valence-electron chi connectivity index (χ4n) is 2.83. The summed E-state index contributed by atoms with van der Waals surface area (Å²) < 4.78 is 0. The molecular weight excluding hydrogens is 222 g/mol. The number of nitrogens with one attached hydrogen (secondary N) is 1. The van der Waals surface area contributed by atoms with Crippen molar-refractivity contribution in [2.45, 2.75) is 70.3 Å². The number of amides is 1. The topological polar surface area (TPSA) is 29.1 Å². The van der Waals surface area contributed by atoms with Crippen molar-refractivity contribution >= 4 is 17.5 Å². The predicted octanol–water partition coefficient (Wildman–Crippen LogP) is 3.62. The first kappa shape index (κ1) is 13.8. The summed E-state index contributed by atoms with van der Waals surface area (Å²) in [5.74, 6) is 0.0848. The quantitative estimate of drug-likeness (QED) is 0.753. The lowest BCUT2D eigenvalue weighted by Crippen LogP contribution is -2.49. The van der Waals surface area contributed by atoms with E-state index in [0.29, 0.717) is 0 Å². The maximum absolute atomic E-state index is 11.5.